The van der Waals surface area contributed by atoms with Gasteiger partial charge in [-0.25, -0.2) is 0 Å². The van der Waals surface area contributed by atoms with E-state index in [9.17, 15) is 0 Å². The largest absolute Gasteiger partial charge is 0.125 e. The van der Waals surface area contributed by atoms with Gasteiger partial charge < -0.3 is 0 Å². The molecular weight excluding hydrogens is 296 g/mol. The van der Waals surface area contributed by atoms with Crippen molar-refractivity contribution in [3.05, 3.63) is 65.7 Å². The van der Waals surface area contributed by atoms with E-state index >= 15 is 0 Å². The Balaban J connectivity index is 1.86. The van der Waals surface area contributed by atoms with E-state index in [4.69, 9.17) is 0 Å². The normalized spacial score (nSPS) is 27.8. The number of hydrogen-bond donors (Lipinski definition) is 0. The summed E-state index contributed by atoms with van der Waals surface area (Å²) in [5.74, 6) is 1.20. The van der Waals surface area contributed by atoms with Crippen LogP contribution in [0.25, 0.3) is 0 Å². The average Bonchev–Trinajstić information content (AvgIpc) is 2.58. The highest BCUT2D eigenvalue weighted by atomic mass is 32.2. The molecule has 0 amide bonds. The van der Waals surface area contributed by atoms with Crippen LogP contribution in [0.2, 0.25) is 0 Å². The molecule has 0 unspecified atom stereocenters. The molecule has 1 aliphatic carbocycles. The summed E-state index contributed by atoms with van der Waals surface area (Å²) in [5.41, 5.74) is 3.55. The fraction of sp³-hybridized carbons (Fsp3) is 0.455. The molecule has 3 rings (SSSR count). The van der Waals surface area contributed by atoms with Crippen molar-refractivity contribution in [1.29, 1.82) is 0 Å². The van der Waals surface area contributed by atoms with Crippen molar-refractivity contribution in [1.82, 2.24) is 0 Å². The van der Waals surface area contributed by atoms with Gasteiger partial charge in [0.15, 0.2) is 0 Å². The monoisotopic (exact) mass is 324 g/mol. The number of benzene rings is 2. The zero-order chi connectivity index (χ0) is 16.3. The standard InChI is InChI=1S/C22H28S/c1-18-11-7-8-14-20(18)23-17-21(2)15-9-10-16-22(21,3)19-12-5-4-6-13-19/h4-8,11-14H,9-10,15-17H2,1-3H3/t21-,22+/m0/s1. The summed E-state index contributed by atoms with van der Waals surface area (Å²) in [7, 11) is 0. The quantitative estimate of drug-likeness (QED) is 0.569. The smallest absolute Gasteiger partial charge is 0.0101 e. The lowest BCUT2D eigenvalue weighted by atomic mass is 9.56. The lowest BCUT2D eigenvalue weighted by Gasteiger charge is -2.51. The first-order valence-electron chi connectivity index (χ1n) is 8.79. The third-order valence-electron chi connectivity index (χ3n) is 6.04. The van der Waals surface area contributed by atoms with Crippen LogP contribution in [0.1, 0.15) is 50.7 Å². The van der Waals surface area contributed by atoms with Crippen LogP contribution in [0.15, 0.2) is 59.5 Å². The number of hydrogen-bond acceptors (Lipinski definition) is 1. The maximum atomic E-state index is 2.52. The Bertz CT molecular complexity index is 648. The predicted molar refractivity (Wildman–Crippen MR) is 102 cm³/mol. The van der Waals surface area contributed by atoms with Gasteiger partial charge >= 0.3 is 0 Å². The molecule has 2 atom stereocenters. The van der Waals surface area contributed by atoms with Gasteiger partial charge in [0.1, 0.15) is 0 Å². The molecule has 2 aromatic rings. The molecule has 1 aliphatic rings. The molecule has 1 heteroatoms. The average molecular weight is 325 g/mol. The Kier molecular flexibility index (Phi) is 4.87. The van der Waals surface area contributed by atoms with Gasteiger partial charge in [0, 0.05) is 10.6 Å². The Labute approximate surface area is 145 Å². The fourth-order valence-electron chi connectivity index (χ4n) is 4.06. The van der Waals surface area contributed by atoms with E-state index in [1.54, 1.807) is 0 Å². The topological polar surface area (TPSA) is 0 Å². The molecule has 122 valence electrons. The molecule has 0 nitrogen and oxygen atoms in total. The molecule has 23 heavy (non-hydrogen) atoms. The number of thioether (sulfide) groups is 1. The first kappa shape index (κ1) is 16.6. The van der Waals surface area contributed by atoms with Crippen LogP contribution in [-0.2, 0) is 5.41 Å². The highest BCUT2D eigenvalue weighted by molar-refractivity contribution is 7.99. The van der Waals surface area contributed by atoms with E-state index in [0.29, 0.717) is 5.41 Å². The molecule has 0 N–H and O–H groups in total. The van der Waals surface area contributed by atoms with Crippen molar-refractivity contribution in [3.63, 3.8) is 0 Å². The molecule has 0 aliphatic heterocycles. The summed E-state index contributed by atoms with van der Waals surface area (Å²) in [6, 6.07) is 20.0. The summed E-state index contributed by atoms with van der Waals surface area (Å²) in [6.45, 7) is 7.24. The van der Waals surface area contributed by atoms with E-state index in [1.807, 2.05) is 11.8 Å². The van der Waals surface area contributed by atoms with Gasteiger partial charge in [-0.3, -0.25) is 0 Å². The molecule has 0 spiro atoms. The van der Waals surface area contributed by atoms with Crippen LogP contribution in [0, 0.1) is 12.3 Å². The van der Waals surface area contributed by atoms with Crippen molar-refractivity contribution in [2.24, 2.45) is 5.41 Å². The molecule has 0 radical (unpaired) electrons. The summed E-state index contributed by atoms with van der Waals surface area (Å²) in [6.07, 6.45) is 5.36. The summed E-state index contributed by atoms with van der Waals surface area (Å²) in [5, 5.41) is 0. The van der Waals surface area contributed by atoms with Crippen molar-refractivity contribution >= 4 is 11.8 Å². The van der Waals surface area contributed by atoms with Gasteiger partial charge in [-0.05, 0) is 47.8 Å². The minimum Gasteiger partial charge on any atom is -0.125 e. The van der Waals surface area contributed by atoms with Crippen LogP contribution in [0.3, 0.4) is 0 Å². The van der Waals surface area contributed by atoms with Crippen LogP contribution >= 0.6 is 11.8 Å². The number of rotatable bonds is 4. The Morgan fingerprint density at radius 3 is 2.26 bits per heavy atom. The van der Waals surface area contributed by atoms with Gasteiger partial charge in [-0.2, -0.15) is 0 Å². The van der Waals surface area contributed by atoms with Gasteiger partial charge in [0.2, 0.25) is 0 Å². The molecular formula is C22H28S. The van der Waals surface area contributed by atoms with Crippen molar-refractivity contribution in [2.75, 3.05) is 5.75 Å². The minimum absolute atomic E-state index is 0.280. The number of aryl methyl sites for hydroxylation is 1. The minimum atomic E-state index is 0.280. The van der Waals surface area contributed by atoms with Gasteiger partial charge in [-0.15, -0.1) is 11.8 Å². The van der Waals surface area contributed by atoms with Gasteiger partial charge in [-0.1, -0.05) is 75.2 Å². The molecule has 0 heterocycles. The van der Waals surface area contributed by atoms with Crippen molar-refractivity contribution in [3.8, 4) is 0 Å². The molecule has 1 fully saturated rings. The third-order valence-corrected chi connectivity index (χ3v) is 7.59. The molecule has 0 saturated heterocycles. The predicted octanol–water partition coefficient (Wildman–Crippen LogP) is 6.63. The van der Waals surface area contributed by atoms with Crippen LogP contribution in [0.4, 0.5) is 0 Å². The van der Waals surface area contributed by atoms with E-state index in [-0.39, 0.29) is 5.41 Å². The zero-order valence-electron chi connectivity index (χ0n) is 14.6. The lowest BCUT2D eigenvalue weighted by molar-refractivity contribution is 0.114. The summed E-state index contributed by atoms with van der Waals surface area (Å²) >= 11 is 2.05. The highest BCUT2D eigenvalue weighted by Gasteiger charge is 2.46. The Morgan fingerprint density at radius 2 is 1.52 bits per heavy atom. The molecule has 2 aromatic carbocycles. The van der Waals surface area contributed by atoms with E-state index < -0.39 is 0 Å². The van der Waals surface area contributed by atoms with E-state index in [0.717, 1.165) is 0 Å². The first-order chi connectivity index (χ1) is 11.1. The Hall–Kier alpha value is -1.21. The second kappa shape index (κ2) is 6.73. The maximum absolute atomic E-state index is 2.52. The zero-order valence-corrected chi connectivity index (χ0v) is 15.5. The van der Waals surface area contributed by atoms with Crippen molar-refractivity contribution in [2.45, 2.75) is 56.8 Å². The second-order valence-electron chi connectivity index (χ2n) is 7.52. The van der Waals surface area contributed by atoms with Gasteiger partial charge in [0.05, 0.1) is 0 Å². The van der Waals surface area contributed by atoms with Crippen molar-refractivity contribution < 1.29 is 0 Å². The first-order valence-corrected chi connectivity index (χ1v) is 9.78. The lowest BCUT2D eigenvalue weighted by Crippen LogP contribution is -2.45. The van der Waals surface area contributed by atoms with Crippen LogP contribution < -0.4 is 0 Å². The summed E-state index contributed by atoms with van der Waals surface area (Å²) < 4.78 is 0. The fourth-order valence-corrected chi connectivity index (χ4v) is 5.46. The highest BCUT2D eigenvalue weighted by Crippen LogP contribution is 2.54. The molecule has 0 aromatic heterocycles. The molecule has 1 saturated carbocycles. The van der Waals surface area contributed by atoms with Crippen LogP contribution in [0.5, 0.6) is 0 Å². The summed E-state index contributed by atoms with van der Waals surface area (Å²) in [4.78, 5) is 1.44. The van der Waals surface area contributed by atoms with Crippen LogP contribution in [-0.4, -0.2) is 5.75 Å². The Morgan fingerprint density at radius 1 is 0.870 bits per heavy atom. The second-order valence-corrected chi connectivity index (χ2v) is 8.54. The maximum Gasteiger partial charge on any atom is 0.0101 e. The van der Waals surface area contributed by atoms with E-state index in [1.165, 1.54) is 47.5 Å². The molecule has 0 bridgehead atoms. The third kappa shape index (κ3) is 3.21. The van der Waals surface area contributed by atoms with E-state index in [2.05, 4.69) is 75.4 Å². The van der Waals surface area contributed by atoms with Gasteiger partial charge in [0.25, 0.3) is 0 Å². The SMILES string of the molecule is Cc1ccccc1SC[C@]1(C)CCCC[C@]1(C)c1ccccc1.